The smallest absolute Gasteiger partial charge is 0.161 e. The molecule has 0 radical (unpaired) electrons. The van der Waals surface area contributed by atoms with E-state index in [2.05, 4.69) is 48.8 Å². The Morgan fingerprint density at radius 1 is 1.15 bits per heavy atom. The van der Waals surface area contributed by atoms with Crippen LogP contribution in [0.5, 0.6) is 11.5 Å². The molecule has 1 aliphatic carbocycles. The Balaban J connectivity index is 1.98. The maximum absolute atomic E-state index is 5.92. The summed E-state index contributed by atoms with van der Waals surface area (Å²) in [6.07, 6.45) is 3.50. The molecule has 0 aromatic heterocycles. The van der Waals surface area contributed by atoms with Gasteiger partial charge in [0.15, 0.2) is 11.5 Å². The molecule has 0 bridgehead atoms. The molecule has 1 aliphatic heterocycles. The first-order valence-electron chi connectivity index (χ1n) is 7.51. The van der Waals surface area contributed by atoms with Gasteiger partial charge in [-0.25, -0.2) is 0 Å². The fourth-order valence-electron chi connectivity index (χ4n) is 3.03. The molecule has 3 rings (SSSR count). The molecule has 2 unspecified atom stereocenters. The number of hydrogen-bond acceptors (Lipinski definition) is 2. The van der Waals surface area contributed by atoms with E-state index >= 15 is 0 Å². The number of ether oxygens (including phenoxy) is 2. The Bertz CT molecular complexity index is 510. The lowest BCUT2D eigenvalue weighted by Crippen LogP contribution is -2.12. The van der Waals surface area contributed by atoms with Crippen LogP contribution in [-0.2, 0) is 6.42 Å². The summed E-state index contributed by atoms with van der Waals surface area (Å²) in [6.45, 7) is 8.35. The van der Waals surface area contributed by atoms with Gasteiger partial charge in [-0.3, -0.25) is 0 Å². The first-order chi connectivity index (χ1) is 9.44. The highest BCUT2D eigenvalue weighted by Gasteiger charge is 2.30. The van der Waals surface area contributed by atoms with Crippen LogP contribution in [0.1, 0.15) is 49.6 Å². The van der Waals surface area contributed by atoms with Gasteiger partial charge in [-0.05, 0) is 47.9 Å². The summed E-state index contributed by atoms with van der Waals surface area (Å²) in [6, 6.07) is 4.40. The average Bonchev–Trinajstić information content (AvgIpc) is 2.62. The van der Waals surface area contributed by atoms with E-state index in [1.54, 1.807) is 0 Å². The van der Waals surface area contributed by atoms with Crippen LogP contribution in [0.2, 0.25) is 0 Å². The van der Waals surface area contributed by atoms with E-state index in [0.717, 1.165) is 37.6 Å². The highest BCUT2D eigenvalue weighted by molar-refractivity contribution is 9.09. The molecule has 0 fully saturated rings. The van der Waals surface area contributed by atoms with Crippen molar-refractivity contribution in [3.05, 3.63) is 23.3 Å². The van der Waals surface area contributed by atoms with E-state index in [9.17, 15) is 0 Å². The molecule has 110 valence electrons. The molecule has 0 amide bonds. The number of alkyl halides is 1. The molecule has 1 heterocycles. The number of rotatable bonds is 0. The van der Waals surface area contributed by atoms with Crippen LogP contribution in [0.25, 0.3) is 0 Å². The van der Waals surface area contributed by atoms with Crippen molar-refractivity contribution in [1.29, 1.82) is 0 Å². The maximum atomic E-state index is 5.92. The quantitative estimate of drug-likeness (QED) is 0.495. The zero-order chi connectivity index (χ0) is 14.3. The van der Waals surface area contributed by atoms with Crippen molar-refractivity contribution >= 4 is 15.9 Å². The molecular formula is C17H23BrO2. The number of hydrogen-bond donors (Lipinski definition) is 0. The van der Waals surface area contributed by atoms with Crippen LogP contribution in [0, 0.1) is 11.3 Å². The van der Waals surface area contributed by atoms with Gasteiger partial charge in [0.05, 0.1) is 13.2 Å². The van der Waals surface area contributed by atoms with E-state index in [4.69, 9.17) is 9.47 Å². The highest BCUT2D eigenvalue weighted by atomic mass is 79.9. The minimum Gasteiger partial charge on any atom is -0.489 e. The van der Waals surface area contributed by atoms with E-state index in [1.807, 2.05) is 0 Å². The lowest BCUT2D eigenvalue weighted by atomic mass is 9.84. The summed E-state index contributed by atoms with van der Waals surface area (Å²) in [7, 11) is 0. The second-order valence-electron chi connectivity index (χ2n) is 7.06. The van der Waals surface area contributed by atoms with Gasteiger partial charge in [0.2, 0.25) is 0 Å². The number of benzene rings is 1. The molecule has 2 nitrogen and oxygen atoms in total. The number of fused-ring (bicyclic) bond motifs is 2. The Kier molecular flexibility index (Phi) is 3.74. The largest absolute Gasteiger partial charge is 0.489 e. The van der Waals surface area contributed by atoms with E-state index in [-0.39, 0.29) is 0 Å². The summed E-state index contributed by atoms with van der Waals surface area (Å²) in [5.74, 6) is 2.28. The number of halogens is 1. The Morgan fingerprint density at radius 2 is 1.80 bits per heavy atom. The third-order valence-corrected chi connectivity index (χ3v) is 5.21. The molecule has 1 aromatic rings. The van der Waals surface area contributed by atoms with E-state index < -0.39 is 0 Å². The van der Waals surface area contributed by atoms with Crippen molar-refractivity contribution in [2.24, 2.45) is 11.3 Å². The molecule has 0 saturated heterocycles. The Morgan fingerprint density at radius 3 is 2.50 bits per heavy atom. The SMILES string of the molecule is CC1COc2cc3c(cc2OC1)C(Br)CC(C)(C)CC3. The number of aryl methyl sites for hydroxylation is 1. The molecule has 1 aromatic carbocycles. The van der Waals surface area contributed by atoms with Crippen LogP contribution in [0.3, 0.4) is 0 Å². The lowest BCUT2D eigenvalue weighted by Gasteiger charge is -2.24. The predicted molar refractivity (Wildman–Crippen MR) is 85.0 cm³/mol. The van der Waals surface area contributed by atoms with Gasteiger partial charge in [-0.15, -0.1) is 0 Å². The van der Waals surface area contributed by atoms with Crippen LogP contribution < -0.4 is 9.47 Å². The molecule has 2 aliphatic rings. The Hall–Kier alpha value is -0.700. The predicted octanol–water partition coefficient (Wildman–Crippen LogP) is 4.89. The van der Waals surface area contributed by atoms with Crippen LogP contribution in [0.15, 0.2) is 12.1 Å². The zero-order valence-electron chi connectivity index (χ0n) is 12.5. The minimum atomic E-state index is 0.376. The van der Waals surface area contributed by atoms with Gasteiger partial charge in [0, 0.05) is 10.7 Å². The zero-order valence-corrected chi connectivity index (χ0v) is 14.1. The molecule has 0 spiro atoms. The third kappa shape index (κ3) is 2.83. The fourth-order valence-corrected chi connectivity index (χ4v) is 4.34. The Labute approximate surface area is 130 Å². The summed E-state index contributed by atoms with van der Waals surface area (Å²) in [4.78, 5) is 0.407. The molecule has 0 saturated carbocycles. The highest BCUT2D eigenvalue weighted by Crippen LogP contribution is 2.46. The van der Waals surface area contributed by atoms with E-state index in [0.29, 0.717) is 16.2 Å². The van der Waals surface area contributed by atoms with Gasteiger partial charge in [-0.2, -0.15) is 0 Å². The standard InChI is InChI=1S/C17H23BrO2/c1-11-9-19-15-6-12-4-5-17(2,3)8-14(18)13(12)7-16(15)20-10-11/h6-7,11,14H,4-5,8-10H2,1-3H3. The van der Waals surface area contributed by atoms with Crippen molar-refractivity contribution in [3.8, 4) is 11.5 Å². The minimum absolute atomic E-state index is 0.376. The van der Waals surface area contributed by atoms with Crippen molar-refractivity contribution in [2.75, 3.05) is 13.2 Å². The monoisotopic (exact) mass is 338 g/mol. The molecule has 3 heteroatoms. The van der Waals surface area contributed by atoms with Crippen molar-refractivity contribution in [1.82, 2.24) is 0 Å². The molecule has 2 atom stereocenters. The van der Waals surface area contributed by atoms with Gasteiger partial charge in [0.1, 0.15) is 0 Å². The summed E-state index contributed by atoms with van der Waals surface area (Å²) < 4.78 is 11.8. The van der Waals surface area contributed by atoms with Crippen LogP contribution in [-0.4, -0.2) is 13.2 Å². The topological polar surface area (TPSA) is 18.5 Å². The fraction of sp³-hybridized carbons (Fsp3) is 0.647. The summed E-state index contributed by atoms with van der Waals surface area (Å²) >= 11 is 3.88. The summed E-state index contributed by atoms with van der Waals surface area (Å²) in [5, 5.41) is 0. The third-order valence-electron chi connectivity index (χ3n) is 4.39. The average molecular weight is 339 g/mol. The van der Waals surface area contributed by atoms with Crippen molar-refractivity contribution < 1.29 is 9.47 Å². The normalized spacial score (nSPS) is 28.2. The van der Waals surface area contributed by atoms with Gasteiger partial charge >= 0.3 is 0 Å². The summed E-state index contributed by atoms with van der Waals surface area (Å²) in [5.41, 5.74) is 3.17. The van der Waals surface area contributed by atoms with Gasteiger partial charge in [0.25, 0.3) is 0 Å². The first-order valence-corrected chi connectivity index (χ1v) is 8.43. The first kappa shape index (κ1) is 14.2. The maximum Gasteiger partial charge on any atom is 0.161 e. The van der Waals surface area contributed by atoms with E-state index in [1.165, 1.54) is 17.5 Å². The van der Waals surface area contributed by atoms with Crippen LogP contribution in [0.4, 0.5) is 0 Å². The molecule has 20 heavy (non-hydrogen) atoms. The van der Waals surface area contributed by atoms with Crippen molar-refractivity contribution in [3.63, 3.8) is 0 Å². The van der Waals surface area contributed by atoms with Crippen LogP contribution >= 0.6 is 15.9 Å². The second kappa shape index (κ2) is 5.25. The lowest BCUT2D eigenvalue weighted by molar-refractivity contribution is 0.228. The molecular weight excluding hydrogens is 316 g/mol. The molecule has 0 N–H and O–H groups in total. The van der Waals surface area contributed by atoms with Gasteiger partial charge < -0.3 is 9.47 Å². The second-order valence-corrected chi connectivity index (χ2v) is 8.17. The van der Waals surface area contributed by atoms with Crippen molar-refractivity contribution in [2.45, 2.75) is 44.9 Å². The van der Waals surface area contributed by atoms with Gasteiger partial charge in [-0.1, -0.05) is 36.7 Å².